The van der Waals surface area contributed by atoms with E-state index in [0.29, 0.717) is 34.2 Å². The fraction of sp³-hybridized carbons (Fsp3) is 0.286. The summed E-state index contributed by atoms with van der Waals surface area (Å²) in [5.41, 5.74) is 1.81. The summed E-state index contributed by atoms with van der Waals surface area (Å²) in [4.78, 5) is 0. The molecule has 0 saturated heterocycles. The molecule has 0 atom stereocenters. The minimum atomic E-state index is -0.159. The molecule has 2 rings (SSSR count). The maximum absolute atomic E-state index is 9.39. The summed E-state index contributed by atoms with van der Waals surface area (Å²) >= 11 is 0. The number of aryl methyl sites for hydroxylation is 2. The van der Waals surface area contributed by atoms with Crippen LogP contribution in [-0.4, -0.2) is 22.0 Å². The molecule has 1 aromatic heterocycles. The molecule has 2 aromatic rings. The largest absolute Gasteiger partial charge is 0.493 e. The monoisotopic (exact) mass is 273 g/mol. The van der Waals surface area contributed by atoms with E-state index in [1.54, 1.807) is 36.9 Å². The summed E-state index contributed by atoms with van der Waals surface area (Å²) in [6.07, 6.45) is 0. The number of aromatic nitrogens is 2. The average molecular weight is 273 g/mol. The van der Waals surface area contributed by atoms with Crippen molar-refractivity contribution >= 4 is 0 Å². The van der Waals surface area contributed by atoms with Crippen LogP contribution in [0, 0.1) is 18.3 Å². The number of aliphatic hydroxyl groups is 1. The third kappa shape index (κ3) is 2.44. The summed E-state index contributed by atoms with van der Waals surface area (Å²) < 4.78 is 12.5. The molecular formula is C14H15N3O3. The molecule has 1 heterocycles. The first-order valence-electron chi connectivity index (χ1n) is 6.00. The van der Waals surface area contributed by atoms with Gasteiger partial charge < -0.3 is 14.6 Å². The van der Waals surface area contributed by atoms with Crippen LogP contribution in [0.3, 0.4) is 0 Å². The van der Waals surface area contributed by atoms with Gasteiger partial charge in [0.25, 0.3) is 0 Å². The summed E-state index contributed by atoms with van der Waals surface area (Å²) in [6.45, 7) is 1.64. The number of nitrogens with zero attached hydrogens (tertiary/aromatic N) is 3. The Morgan fingerprint density at radius 2 is 2.15 bits per heavy atom. The Balaban J connectivity index is 2.43. The van der Waals surface area contributed by atoms with Gasteiger partial charge in [-0.15, -0.1) is 0 Å². The zero-order valence-corrected chi connectivity index (χ0v) is 11.5. The summed E-state index contributed by atoms with van der Waals surface area (Å²) in [5.74, 6) is 1.36. The predicted molar refractivity (Wildman–Crippen MR) is 71.7 cm³/mol. The first-order chi connectivity index (χ1) is 9.60. The molecule has 1 N–H and O–H groups in total. The van der Waals surface area contributed by atoms with Gasteiger partial charge in [-0.2, -0.15) is 10.4 Å². The lowest BCUT2D eigenvalue weighted by atomic mass is 10.2. The molecule has 0 bridgehead atoms. The number of ether oxygens (including phenoxy) is 2. The SMILES string of the molecule is COc1cc(C#N)ccc1Oc1c(CO)c(C)nn1C. The van der Waals surface area contributed by atoms with Crippen LogP contribution < -0.4 is 9.47 Å². The molecule has 0 aliphatic rings. The van der Waals surface area contributed by atoms with Gasteiger partial charge in [0.1, 0.15) is 0 Å². The topological polar surface area (TPSA) is 80.3 Å². The predicted octanol–water partition coefficient (Wildman–Crippen LogP) is 1.89. The molecule has 0 spiro atoms. The van der Waals surface area contributed by atoms with E-state index in [1.807, 2.05) is 6.07 Å². The highest BCUT2D eigenvalue weighted by atomic mass is 16.5. The quantitative estimate of drug-likeness (QED) is 0.920. The zero-order chi connectivity index (χ0) is 14.7. The zero-order valence-electron chi connectivity index (χ0n) is 11.5. The van der Waals surface area contributed by atoms with E-state index in [9.17, 15) is 5.11 Å². The van der Waals surface area contributed by atoms with Crippen molar-refractivity contribution in [3.05, 3.63) is 35.0 Å². The first kappa shape index (κ1) is 13.9. The van der Waals surface area contributed by atoms with Gasteiger partial charge in [-0.1, -0.05) is 0 Å². The van der Waals surface area contributed by atoms with Gasteiger partial charge in [0.2, 0.25) is 5.88 Å². The minimum absolute atomic E-state index is 0.159. The van der Waals surface area contributed by atoms with Crippen LogP contribution in [0.4, 0.5) is 0 Å². The highest BCUT2D eigenvalue weighted by molar-refractivity contribution is 5.48. The minimum Gasteiger partial charge on any atom is -0.493 e. The van der Waals surface area contributed by atoms with Gasteiger partial charge in [0, 0.05) is 13.1 Å². The Morgan fingerprint density at radius 3 is 2.75 bits per heavy atom. The normalized spacial score (nSPS) is 10.2. The molecule has 0 radical (unpaired) electrons. The number of hydrogen-bond donors (Lipinski definition) is 1. The van der Waals surface area contributed by atoms with E-state index in [2.05, 4.69) is 5.10 Å². The molecule has 1 aromatic carbocycles. The second-order valence-corrected chi connectivity index (χ2v) is 4.23. The fourth-order valence-corrected chi connectivity index (χ4v) is 1.92. The maximum atomic E-state index is 9.39. The van der Waals surface area contributed by atoms with Crippen LogP contribution in [0.5, 0.6) is 17.4 Å². The second-order valence-electron chi connectivity index (χ2n) is 4.23. The Labute approximate surface area is 116 Å². The van der Waals surface area contributed by atoms with Crippen molar-refractivity contribution in [2.45, 2.75) is 13.5 Å². The van der Waals surface area contributed by atoms with E-state index in [0.717, 1.165) is 0 Å². The van der Waals surface area contributed by atoms with Crippen molar-refractivity contribution in [3.8, 4) is 23.4 Å². The number of aliphatic hydroxyl groups excluding tert-OH is 1. The number of methoxy groups -OCH3 is 1. The van der Waals surface area contributed by atoms with Gasteiger partial charge in [-0.25, -0.2) is 4.68 Å². The van der Waals surface area contributed by atoms with Crippen LogP contribution in [0.25, 0.3) is 0 Å². The maximum Gasteiger partial charge on any atom is 0.223 e. The Morgan fingerprint density at radius 1 is 1.40 bits per heavy atom. The molecule has 0 aliphatic heterocycles. The Hall–Kier alpha value is -2.52. The number of benzene rings is 1. The van der Waals surface area contributed by atoms with Crippen LogP contribution in [0.15, 0.2) is 18.2 Å². The molecule has 6 heteroatoms. The average Bonchev–Trinajstić information content (AvgIpc) is 2.73. The van der Waals surface area contributed by atoms with E-state index >= 15 is 0 Å². The molecule has 6 nitrogen and oxygen atoms in total. The highest BCUT2D eigenvalue weighted by Gasteiger charge is 2.16. The molecule has 0 unspecified atom stereocenters. The molecular weight excluding hydrogens is 258 g/mol. The van der Waals surface area contributed by atoms with E-state index in [1.165, 1.54) is 7.11 Å². The van der Waals surface area contributed by atoms with E-state index in [-0.39, 0.29) is 6.61 Å². The lowest BCUT2D eigenvalue weighted by Gasteiger charge is -2.11. The smallest absolute Gasteiger partial charge is 0.223 e. The van der Waals surface area contributed by atoms with Gasteiger partial charge in [-0.05, 0) is 19.1 Å². The van der Waals surface area contributed by atoms with E-state index < -0.39 is 0 Å². The van der Waals surface area contributed by atoms with Crippen molar-refractivity contribution in [1.82, 2.24) is 9.78 Å². The molecule has 0 fully saturated rings. The summed E-state index contributed by atoms with van der Waals surface area (Å²) in [7, 11) is 3.24. The Bertz CT molecular complexity index is 671. The number of rotatable bonds is 4. The van der Waals surface area contributed by atoms with Gasteiger partial charge >= 0.3 is 0 Å². The summed E-state index contributed by atoms with van der Waals surface area (Å²) in [5, 5.41) is 22.5. The third-order valence-electron chi connectivity index (χ3n) is 2.95. The van der Waals surface area contributed by atoms with Crippen molar-refractivity contribution in [1.29, 1.82) is 5.26 Å². The van der Waals surface area contributed by atoms with Gasteiger partial charge in [0.05, 0.1) is 36.6 Å². The highest BCUT2D eigenvalue weighted by Crippen LogP contribution is 2.34. The molecule has 0 aliphatic carbocycles. The van der Waals surface area contributed by atoms with Crippen molar-refractivity contribution < 1.29 is 14.6 Å². The standard InChI is InChI=1S/C14H15N3O3/c1-9-11(8-18)14(17(2)16-9)20-12-5-4-10(7-15)6-13(12)19-3/h4-6,18H,8H2,1-3H3. The van der Waals surface area contributed by atoms with Crippen LogP contribution in [0.1, 0.15) is 16.8 Å². The molecule has 104 valence electrons. The van der Waals surface area contributed by atoms with Crippen LogP contribution in [-0.2, 0) is 13.7 Å². The number of hydrogen-bond acceptors (Lipinski definition) is 5. The fourth-order valence-electron chi connectivity index (χ4n) is 1.92. The second kappa shape index (κ2) is 5.63. The lowest BCUT2D eigenvalue weighted by Crippen LogP contribution is -1.99. The summed E-state index contributed by atoms with van der Waals surface area (Å²) in [6, 6.07) is 6.92. The Kier molecular flexibility index (Phi) is 3.91. The van der Waals surface area contributed by atoms with Gasteiger partial charge in [-0.3, -0.25) is 0 Å². The lowest BCUT2D eigenvalue weighted by molar-refractivity contribution is 0.273. The molecule has 20 heavy (non-hydrogen) atoms. The number of nitriles is 1. The van der Waals surface area contributed by atoms with Crippen molar-refractivity contribution in [2.24, 2.45) is 7.05 Å². The van der Waals surface area contributed by atoms with Crippen molar-refractivity contribution in [2.75, 3.05) is 7.11 Å². The molecule has 0 saturated carbocycles. The van der Waals surface area contributed by atoms with Crippen LogP contribution >= 0.6 is 0 Å². The van der Waals surface area contributed by atoms with Crippen molar-refractivity contribution in [3.63, 3.8) is 0 Å². The van der Waals surface area contributed by atoms with Gasteiger partial charge in [0.15, 0.2) is 11.5 Å². The molecule has 0 amide bonds. The third-order valence-corrected chi connectivity index (χ3v) is 2.95. The van der Waals surface area contributed by atoms with E-state index in [4.69, 9.17) is 14.7 Å². The van der Waals surface area contributed by atoms with Crippen LogP contribution in [0.2, 0.25) is 0 Å². The first-order valence-corrected chi connectivity index (χ1v) is 6.00.